The second-order valence-electron chi connectivity index (χ2n) is 5.83. The van der Waals surface area contributed by atoms with Gasteiger partial charge >= 0.3 is 6.03 Å². The molecule has 0 aliphatic carbocycles. The van der Waals surface area contributed by atoms with E-state index in [1.54, 1.807) is 17.0 Å². The Hall–Kier alpha value is -2.76. The molecule has 0 bridgehead atoms. The number of carbonyl (C=O) groups is 1. The van der Waals surface area contributed by atoms with Gasteiger partial charge < -0.3 is 19.7 Å². The van der Waals surface area contributed by atoms with Gasteiger partial charge in [-0.05, 0) is 36.8 Å². The third-order valence-corrected chi connectivity index (χ3v) is 3.98. The lowest BCUT2D eigenvalue weighted by molar-refractivity contribution is 0.0900. The Bertz CT molecular complexity index is 738. The highest BCUT2D eigenvalue weighted by atomic mass is 19.1. The minimum Gasteiger partial charge on any atom is -0.486 e. The first-order valence-electron chi connectivity index (χ1n) is 8.31. The summed E-state index contributed by atoms with van der Waals surface area (Å²) in [7, 11) is 0. The number of nitrogens with one attached hydrogen (secondary N) is 1. The third-order valence-electron chi connectivity index (χ3n) is 3.98. The fraction of sp³-hybridized carbons (Fsp3) is 0.316. The SMILES string of the molecule is CCN(Cc1cccc(F)c1)C(=O)NCC1COc2ccccc2O1. The lowest BCUT2D eigenvalue weighted by Crippen LogP contribution is -2.46. The molecule has 2 aromatic carbocycles. The molecule has 3 rings (SSSR count). The Morgan fingerprint density at radius 3 is 2.80 bits per heavy atom. The maximum Gasteiger partial charge on any atom is 0.317 e. The number of hydrogen-bond acceptors (Lipinski definition) is 3. The Morgan fingerprint density at radius 2 is 2.04 bits per heavy atom. The van der Waals surface area contributed by atoms with E-state index < -0.39 is 0 Å². The van der Waals surface area contributed by atoms with Crippen LogP contribution in [0.2, 0.25) is 0 Å². The zero-order chi connectivity index (χ0) is 17.6. The van der Waals surface area contributed by atoms with Crippen molar-refractivity contribution in [3.05, 3.63) is 59.9 Å². The summed E-state index contributed by atoms with van der Waals surface area (Å²) >= 11 is 0. The van der Waals surface area contributed by atoms with Crippen LogP contribution in [-0.2, 0) is 6.54 Å². The molecule has 0 saturated heterocycles. The molecule has 25 heavy (non-hydrogen) atoms. The number of fused-ring (bicyclic) bond motifs is 1. The molecular formula is C19H21FN2O3. The Kier molecular flexibility index (Phi) is 5.38. The van der Waals surface area contributed by atoms with Crippen molar-refractivity contribution in [2.45, 2.75) is 19.6 Å². The van der Waals surface area contributed by atoms with Gasteiger partial charge in [0, 0.05) is 13.1 Å². The van der Waals surface area contributed by atoms with Gasteiger partial charge in [0.2, 0.25) is 0 Å². The predicted octanol–water partition coefficient (Wildman–Crippen LogP) is 3.20. The molecule has 1 aliphatic heterocycles. The molecule has 1 atom stereocenters. The molecular weight excluding hydrogens is 323 g/mol. The molecule has 1 N–H and O–H groups in total. The van der Waals surface area contributed by atoms with Crippen LogP contribution in [0.3, 0.4) is 0 Å². The molecule has 0 spiro atoms. The second kappa shape index (κ2) is 7.88. The lowest BCUT2D eigenvalue weighted by atomic mass is 10.2. The average Bonchev–Trinajstić information content (AvgIpc) is 2.64. The minimum absolute atomic E-state index is 0.214. The van der Waals surface area contributed by atoms with Crippen LogP contribution in [0, 0.1) is 5.82 Å². The molecule has 1 heterocycles. The van der Waals surface area contributed by atoms with Crippen molar-refractivity contribution in [3.63, 3.8) is 0 Å². The standard InChI is InChI=1S/C19H21FN2O3/c1-2-22(12-14-6-5-7-15(20)10-14)19(23)21-11-16-13-24-17-8-3-4-9-18(17)25-16/h3-10,16H,2,11-13H2,1H3,(H,21,23). The first-order valence-corrected chi connectivity index (χ1v) is 8.31. The van der Waals surface area contributed by atoms with E-state index in [-0.39, 0.29) is 18.0 Å². The maximum atomic E-state index is 13.3. The fourth-order valence-electron chi connectivity index (χ4n) is 2.66. The van der Waals surface area contributed by atoms with Gasteiger partial charge in [-0.3, -0.25) is 0 Å². The molecule has 0 radical (unpaired) electrons. The Morgan fingerprint density at radius 1 is 1.24 bits per heavy atom. The van der Waals surface area contributed by atoms with Crippen LogP contribution in [0.15, 0.2) is 48.5 Å². The smallest absolute Gasteiger partial charge is 0.317 e. The first-order chi connectivity index (χ1) is 12.2. The van der Waals surface area contributed by atoms with E-state index in [1.807, 2.05) is 31.2 Å². The predicted molar refractivity (Wildman–Crippen MR) is 92.2 cm³/mol. The van der Waals surface area contributed by atoms with E-state index >= 15 is 0 Å². The normalized spacial score (nSPS) is 15.5. The summed E-state index contributed by atoms with van der Waals surface area (Å²) < 4.78 is 24.7. The number of amides is 2. The number of urea groups is 1. The van der Waals surface area contributed by atoms with Crippen LogP contribution >= 0.6 is 0 Å². The molecule has 132 valence electrons. The van der Waals surface area contributed by atoms with Crippen molar-refractivity contribution in [1.82, 2.24) is 10.2 Å². The number of hydrogen-bond donors (Lipinski definition) is 1. The van der Waals surface area contributed by atoms with Crippen molar-refractivity contribution in [2.75, 3.05) is 19.7 Å². The Labute approximate surface area is 146 Å². The van der Waals surface area contributed by atoms with Gasteiger partial charge in [-0.15, -0.1) is 0 Å². The van der Waals surface area contributed by atoms with Crippen LogP contribution in [0.5, 0.6) is 11.5 Å². The Balaban J connectivity index is 1.53. The van der Waals surface area contributed by atoms with Gasteiger partial charge in [-0.1, -0.05) is 24.3 Å². The summed E-state index contributed by atoms with van der Waals surface area (Å²) in [6.45, 7) is 3.48. The minimum atomic E-state index is -0.305. The third kappa shape index (κ3) is 4.41. The van der Waals surface area contributed by atoms with Gasteiger partial charge in [0.15, 0.2) is 17.6 Å². The number of para-hydroxylation sites is 2. The van der Waals surface area contributed by atoms with Crippen molar-refractivity contribution in [3.8, 4) is 11.5 Å². The van der Waals surface area contributed by atoms with Gasteiger partial charge in [0.1, 0.15) is 12.4 Å². The van der Waals surface area contributed by atoms with Crippen molar-refractivity contribution in [2.24, 2.45) is 0 Å². The molecule has 0 fully saturated rings. The van der Waals surface area contributed by atoms with E-state index in [4.69, 9.17) is 9.47 Å². The lowest BCUT2D eigenvalue weighted by Gasteiger charge is -2.28. The number of benzene rings is 2. The molecule has 1 aliphatic rings. The number of nitrogens with zero attached hydrogens (tertiary/aromatic N) is 1. The quantitative estimate of drug-likeness (QED) is 0.906. The molecule has 1 unspecified atom stereocenters. The van der Waals surface area contributed by atoms with Crippen LogP contribution in [0.4, 0.5) is 9.18 Å². The monoisotopic (exact) mass is 344 g/mol. The summed E-state index contributed by atoms with van der Waals surface area (Å²) in [4.78, 5) is 14.0. The number of halogens is 1. The number of rotatable bonds is 5. The van der Waals surface area contributed by atoms with E-state index in [9.17, 15) is 9.18 Å². The van der Waals surface area contributed by atoms with Crippen LogP contribution in [0.1, 0.15) is 12.5 Å². The van der Waals surface area contributed by atoms with E-state index in [0.717, 1.165) is 5.56 Å². The number of carbonyl (C=O) groups excluding carboxylic acids is 1. The molecule has 2 amide bonds. The fourth-order valence-corrected chi connectivity index (χ4v) is 2.66. The molecule has 0 aromatic heterocycles. The van der Waals surface area contributed by atoms with Gasteiger partial charge in [-0.2, -0.15) is 0 Å². The number of ether oxygens (including phenoxy) is 2. The summed E-state index contributed by atoms with van der Waals surface area (Å²) in [6, 6.07) is 13.5. The maximum absolute atomic E-state index is 13.3. The van der Waals surface area contributed by atoms with E-state index in [2.05, 4.69) is 5.32 Å². The van der Waals surface area contributed by atoms with Crippen molar-refractivity contribution >= 4 is 6.03 Å². The van der Waals surface area contributed by atoms with Crippen molar-refractivity contribution in [1.29, 1.82) is 0 Å². The summed E-state index contributed by atoms with van der Waals surface area (Å²) in [5.74, 6) is 1.09. The van der Waals surface area contributed by atoms with Crippen LogP contribution in [-0.4, -0.2) is 36.7 Å². The highest BCUT2D eigenvalue weighted by molar-refractivity contribution is 5.74. The van der Waals surface area contributed by atoms with Crippen LogP contribution < -0.4 is 14.8 Å². The zero-order valence-electron chi connectivity index (χ0n) is 14.1. The van der Waals surface area contributed by atoms with Gasteiger partial charge in [-0.25, -0.2) is 9.18 Å². The molecule has 5 nitrogen and oxygen atoms in total. The summed E-state index contributed by atoms with van der Waals surface area (Å²) in [5.41, 5.74) is 0.753. The van der Waals surface area contributed by atoms with Gasteiger partial charge in [0.25, 0.3) is 0 Å². The first kappa shape index (κ1) is 17.1. The second-order valence-corrected chi connectivity index (χ2v) is 5.83. The average molecular weight is 344 g/mol. The summed E-state index contributed by atoms with van der Waals surface area (Å²) in [5, 5.41) is 2.86. The van der Waals surface area contributed by atoms with Crippen LogP contribution in [0.25, 0.3) is 0 Å². The highest BCUT2D eigenvalue weighted by Gasteiger charge is 2.22. The zero-order valence-corrected chi connectivity index (χ0v) is 14.1. The topological polar surface area (TPSA) is 50.8 Å². The molecule has 6 heteroatoms. The largest absolute Gasteiger partial charge is 0.486 e. The molecule has 0 saturated carbocycles. The van der Waals surface area contributed by atoms with E-state index in [0.29, 0.717) is 37.7 Å². The summed E-state index contributed by atoms with van der Waals surface area (Å²) in [6.07, 6.45) is -0.244. The molecule has 2 aromatic rings. The van der Waals surface area contributed by atoms with Gasteiger partial charge in [0.05, 0.1) is 6.54 Å². The van der Waals surface area contributed by atoms with E-state index in [1.165, 1.54) is 12.1 Å². The van der Waals surface area contributed by atoms with Crippen molar-refractivity contribution < 1.29 is 18.7 Å². The highest BCUT2D eigenvalue weighted by Crippen LogP contribution is 2.30.